The van der Waals surface area contributed by atoms with Gasteiger partial charge in [-0.1, -0.05) is 65.2 Å². The van der Waals surface area contributed by atoms with E-state index in [9.17, 15) is 0 Å². The second-order valence-electron chi connectivity index (χ2n) is 8.39. The highest BCUT2D eigenvalue weighted by Crippen LogP contribution is 2.41. The molecule has 0 amide bonds. The molecular formula is C22H42O. The molecule has 0 aromatic rings. The molecule has 23 heavy (non-hydrogen) atoms. The van der Waals surface area contributed by atoms with Gasteiger partial charge in [-0.3, -0.25) is 0 Å². The predicted molar refractivity (Wildman–Crippen MR) is 101 cm³/mol. The van der Waals surface area contributed by atoms with Crippen LogP contribution in [-0.2, 0) is 4.74 Å². The lowest BCUT2D eigenvalue weighted by molar-refractivity contribution is 0.00538. The molecule has 2 fully saturated rings. The van der Waals surface area contributed by atoms with E-state index in [4.69, 9.17) is 4.74 Å². The summed E-state index contributed by atoms with van der Waals surface area (Å²) in [6, 6.07) is 0. The summed E-state index contributed by atoms with van der Waals surface area (Å²) in [5, 5.41) is 0. The maximum Gasteiger partial charge on any atom is 0.0575 e. The van der Waals surface area contributed by atoms with Crippen molar-refractivity contribution in [2.24, 2.45) is 17.8 Å². The number of unbranched alkanes of at least 4 members (excludes halogenated alkanes) is 4. The fourth-order valence-electron chi connectivity index (χ4n) is 4.96. The molecule has 2 saturated carbocycles. The molecule has 1 heteroatoms. The van der Waals surface area contributed by atoms with Crippen molar-refractivity contribution in [1.82, 2.24) is 0 Å². The van der Waals surface area contributed by atoms with E-state index in [0.29, 0.717) is 6.10 Å². The summed E-state index contributed by atoms with van der Waals surface area (Å²) < 4.78 is 6.09. The quantitative estimate of drug-likeness (QED) is 0.388. The van der Waals surface area contributed by atoms with Gasteiger partial charge in [-0.05, 0) is 62.7 Å². The topological polar surface area (TPSA) is 9.23 Å². The minimum atomic E-state index is 0.591. The van der Waals surface area contributed by atoms with Gasteiger partial charge in [-0.25, -0.2) is 0 Å². The first-order valence-electron chi connectivity index (χ1n) is 10.9. The van der Waals surface area contributed by atoms with E-state index in [1.54, 1.807) is 0 Å². The first-order valence-corrected chi connectivity index (χ1v) is 10.9. The molecule has 2 aliphatic carbocycles. The molecular weight excluding hydrogens is 280 g/mol. The minimum Gasteiger partial charge on any atom is -0.378 e. The molecule has 0 aromatic carbocycles. The van der Waals surface area contributed by atoms with Crippen molar-refractivity contribution in [3.8, 4) is 0 Å². The third-order valence-corrected chi connectivity index (χ3v) is 6.59. The molecule has 136 valence electrons. The van der Waals surface area contributed by atoms with Gasteiger partial charge in [0, 0.05) is 6.61 Å². The van der Waals surface area contributed by atoms with Crippen LogP contribution in [-0.4, -0.2) is 12.7 Å². The van der Waals surface area contributed by atoms with Crippen molar-refractivity contribution in [2.75, 3.05) is 6.61 Å². The molecule has 0 bridgehead atoms. The molecule has 0 spiro atoms. The van der Waals surface area contributed by atoms with Crippen LogP contribution in [0.5, 0.6) is 0 Å². The Morgan fingerprint density at radius 1 is 0.652 bits per heavy atom. The van der Waals surface area contributed by atoms with Gasteiger partial charge in [0.2, 0.25) is 0 Å². The first kappa shape index (κ1) is 19.3. The predicted octanol–water partition coefficient (Wildman–Crippen LogP) is 7.14. The minimum absolute atomic E-state index is 0.591. The number of hydrogen-bond acceptors (Lipinski definition) is 1. The van der Waals surface area contributed by atoms with Crippen LogP contribution < -0.4 is 0 Å². The van der Waals surface area contributed by atoms with Crippen LogP contribution in [0.3, 0.4) is 0 Å². The molecule has 0 atom stereocenters. The molecule has 2 rings (SSSR count). The summed E-state index contributed by atoms with van der Waals surface area (Å²) in [6.07, 6.45) is 22.0. The Morgan fingerprint density at radius 3 is 1.83 bits per heavy atom. The highest BCUT2D eigenvalue weighted by molar-refractivity contribution is 4.82. The van der Waals surface area contributed by atoms with E-state index in [1.165, 1.54) is 96.3 Å². The lowest BCUT2D eigenvalue weighted by Crippen LogP contribution is -2.28. The Labute approximate surface area is 146 Å². The fourth-order valence-corrected chi connectivity index (χ4v) is 4.96. The SMILES string of the molecule is CCCCCO[C@H]1CC[C@H](C2CCC(CCCCC)CC2)CC1. The van der Waals surface area contributed by atoms with Crippen LogP contribution >= 0.6 is 0 Å². The smallest absolute Gasteiger partial charge is 0.0575 e. The zero-order valence-corrected chi connectivity index (χ0v) is 16.0. The van der Waals surface area contributed by atoms with E-state index in [-0.39, 0.29) is 0 Å². The largest absolute Gasteiger partial charge is 0.378 e. The highest BCUT2D eigenvalue weighted by Gasteiger charge is 2.30. The standard InChI is InChI=1S/C22H42O/c1-3-5-7-9-19-10-12-20(13-11-19)21-14-16-22(17-15-21)23-18-8-6-4-2/h19-22H,3-18H2,1-2H3/t19?,20?,21-,22-. The summed E-state index contributed by atoms with van der Waals surface area (Å²) in [7, 11) is 0. The highest BCUT2D eigenvalue weighted by atomic mass is 16.5. The van der Waals surface area contributed by atoms with Crippen LogP contribution in [0.1, 0.15) is 110 Å². The van der Waals surface area contributed by atoms with Crippen LogP contribution in [0.15, 0.2) is 0 Å². The number of hydrogen-bond donors (Lipinski definition) is 0. The van der Waals surface area contributed by atoms with Gasteiger partial charge in [0.05, 0.1) is 6.10 Å². The summed E-state index contributed by atoms with van der Waals surface area (Å²) in [4.78, 5) is 0. The molecule has 0 aromatic heterocycles. The Hall–Kier alpha value is -0.0400. The summed E-state index contributed by atoms with van der Waals surface area (Å²) in [5.41, 5.74) is 0. The van der Waals surface area contributed by atoms with Crippen molar-refractivity contribution in [3.05, 3.63) is 0 Å². The number of rotatable bonds is 10. The van der Waals surface area contributed by atoms with Gasteiger partial charge in [-0.2, -0.15) is 0 Å². The zero-order valence-electron chi connectivity index (χ0n) is 16.0. The molecule has 0 saturated heterocycles. The average Bonchev–Trinajstić information content (AvgIpc) is 2.60. The van der Waals surface area contributed by atoms with Gasteiger partial charge in [0.15, 0.2) is 0 Å². The lowest BCUT2D eigenvalue weighted by Gasteiger charge is -2.38. The molecule has 0 N–H and O–H groups in total. The van der Waals surface area contributed by atoms with Crippen LogP contribution in [0.4, 0.5) is 0 Å². The third-order valence-electron chi connectivity index (χ3n) is 6.59. The molecule has 2 aliphatic rings. The Balaban J connectivity index is 1.55. The maximum absolute atomic E-state index is 6.09. The van der Waals surface area contributed by atoms with Crippen molar-refractivity contribution < 1.29 is 4.74 Å². The molecule has 0 unspecified atom stereocenters. The van der Waals surface area contributed by atoms with Gasteiger partial charge in [-0.15, -0.1) is 0 Å². The van der Waals surface area contributed by atoms with E-state index in [1.807, 2.05) is 0 Å². The van der Waals surface area contributed by atoms with Crippen molar-refractivity contribution in [3.63, 3.8) is 0 Å². The average molecular weight is 323 g/mol. The van der Waals surface area contributed by atoms with E-state index >= 15 is 0 Å². The second kappa shape index (κ2) is 11.5. The summed E-state index contributed by atoms with van der Waals surface area (Å²) in [5.74, 6) is 3.15. The monoisotopic (exact) mass is 322 g/mol. The third kappa shape index (κ3) is 7.16. The van der Waals surface area contributed by atoms with Gasteiger partial charge >= 0.3 is 0 Å². The van der Waals surface area contributed by atoms with E-state index in [2.05, 4.69) is 13.8 Å². The van der Waals surface area contributed by atoms with Crippen LogP contribution in [0.25, 0.3) is 0 Å². The second-order valence-corrected chi connectivity index (χ2v) is 8.39. The number of ether oxygens (including phenoxy) is 1. The van der Waals surface area contributed by atoms with Crippen molar-refractivity contribution in [2.45, 2.75) is 116 Å². The molecule has 0 heterocycles. The first-order chi connectivity index (χ1) is 11.3. The summed E-state index contributed by atoms with van der Waals surface area (Å²) >= 11 is 0. The van der Waals surface area contributed by atoms with E-state index < -0.39 is 0 Å². The Morgan fingerprint density at radius 2 is 1.22 bits per heavy atom. The van der Waals surface area contributed by atoms with Gasteiger partial charge in [0.1, 0.15) is 0 Å². The fraction of sp³-hybridized carbons (Fsp3) is 1.00. The van der Waals surface area contributed by atoms with Gasteiger partial charge < -0.3 is 4.74 Å². The maximum atomic E-state index is 6.09. The van der Waals surface area contributed by atoms with Crippen molar-refractivity contribution >= 4 is 0 Å². The molecule has 0 radical (unpaired) electrons. The van der Waals surface area contributed by atoms with Gasteiger partial charge in [0.25, 0.3) is 0 Å². The van der Waals surface area contributed by atoms with Crippen LogP contribution in [0, 0.1) is 17.8 Å². The summed E-state index contributed by atoms with van der Waals surface area (Å²) in [6.45, 7) is 5.59. The normalized spacial score (nSPS) is 32.1. The Bertz CT molecular complexity index is 272. The Kier molecular flexibility index (Phi) is 9.65. The lowest BCUT2D eigenvalue weighted by atomic mass is 9.70. The zero-order chi connectivity index (χ0) is 16.3. The van der Waals surface area contributed by atoms with E-state index in [0.717, 1.165) is 24.4 Å². The molecule has 0 aliphatic heterocycles. The van der Waals surface area contributed by atoms with Crippen molar-refractivity contribution in [1.29, 1.82) is 0 Å². The molecule has 1 nitrogen and oxygen atoms in total. The van der Waals surface area contributed by atoms with Crippen LogP contribution in [0.2, 0.25) is 0 Å².